The average Bonchev–Trinajstić information content (AvgIpc) is 1.82. The number of halogens is 1. The molecule has 32 nitrogen and oxygen atoms in total. The zero-order valence-corrected chi connectivity index (χ0v) is 51.3. The van der Waals surface area contributed by atoms with Crippen molar-refractivity contribution >= 4 is 70.2 Å². The van der Waals surface area contributed by atoms with Crippen LogP contribution in [0.3, 0.4) is 0 Å². The number of H-pyrrole nitrogens is 1. The second-order valence-electron chi connectivity index (χ2n) is 19.9. The van der Waals surface area contributed by atoms with E-state index in [1.165, 1.54) is 12.1 Å². The summed E-state index contributed by atoms with van der Waals surface area (Å²) in [7, 11) is 0. The molecule has 18 N–H and O–H groups in total. The van der Waals surface area contributed by atoms with Gasteiger partial charge in [0.05, 0.1) is 112 Å². The summed E-state index contributed by atoms with van der Waals surface area (Å²) in [6.45, 7) is 4.20. The smallest absolute Gasteiger partial charge is 0.326 e. The summed E-state index contributed by atoms with van der Waals surface area (Å²) in [5.74, 6) is -6.90. The minimum atomic E-state index is -1.34. The number of fused-ring (bicyclic) bond motifs is 1. The highest BCUT2D eigenvalue weighted by Crippen LogP contribution is 2.19. The summed E-state index contributed by atoms with van der Waals surface area (Å²) in [6.07, 6.45) is 1.33. The van der Waals surface area contributed by atoms with E-state index in [4.69, 9.17) is 71.3 Å². The topological polar surface area (TPSA) is 483 Å². The van der Waals surface area contributed by atoms with E-state index in [2.05, 4.69) is 46.9 Å². The van der Waals surface area contributed by atoms with Crippen LogP contribution >= 0.6 is 0 Å². The fourth-order valence-corrected chi connectivity index (χ4v) is 8.13. The molecule has 4 atom stereocenters. The number of aliphatic imine (C=N–C) groups is 2. The molecular weight excluding hydrogens is 1200 g/mol. The molecule has 3 rings (SSSR count). The number of hydrogen-bond acceptors (Lipinski definition) is 20. The van der Waals surface area contributed by atoms with E-state index in [1.54, 1.807) is 12.3 Å². The number of carbonyl (C=O) groups excluding carboxylic acids is 7. The fraction of sp³-hybridized carbons (Fsp3) is 0.586. The molecule has 2 aromatic carbocycles. The Bertz CT molecular complexity index is 2680. The van der Waals surface area contributed by atoms with Crippen molar-refractivity contribution in [2.75, 3.05) is 138 Å². The van der Waals surface area contributed by atoms with Gasteiger partial charge in [0.2, 0.25) is 35.4 Å². The fourth-order valence-electron chi connectivity index (χ4n) is 8.13. The van der Waals surface area contributed by atoms with Gasteiger partial charge in [0.25, 0.3) is 0 Å². The summed E-state index contributed by atoms with van der Waals surface area (Å²) in [5.41, 5.74) is 28.7. The SMILES string of the molecule is NCCOCCOCCOCCOCCOCCOCCC(=O)N[C@H](CCC(=O)Oc1ccc(F)cc1)C(=O)NCCOCCOCCC(=O)N[C@@H](CCCN=C(N)N)C(=O)N[C@@H](CCCN=C(N)N)C(=O)NCC(=O)N[C@@H](Cc1c[nH]c2ccccc12)C(=O)O. The van der Waals surface area contributed by atoms with Gasteiger partial charge in [0.1, 0.15) is 35.7 Å². The first-order valence-corrected chi connectivity index (χ1v) is 29.9. The van der Waals surface area contributed by atoms with Gasteiger partial charge < -0.3 is 113 Å². The van der Waals surface area contributed by atoms with E-state index in [0.29, 0.717) is 71.6 Å². The predicted octanol–water partition coefficient (Wildman–Crippen LogP) is -2.53. The van der Waals surface area contributed by atoms with Crippen molar-refractivity contribution in [1.82, 2.24) is 36.9 Å². The molecule has 0 bridgehead atoms. The lowest BCUT2D eigenvalue weighted by Crippen LogP contribution is -2.55. The Morgan fingerprint density at radius 2 is 0.978 bits per heavy atom. The number of carbonyl (C=O) groups is 8. The van der Waals surface area contributed by atoms with Crippen LogP contribution in [-0.4, -0.2) is 232 Å². The number of ether oxygens (including phenoxy) is 9. The van der Waals surface area contributed by atoms with Crippen molar-refractivity contribution in [3.8, 4) is 5.75 Å². The number of aliphatic carboxylic acids is 1. The Balaban J connectivity index is 1.42. The van der Waals surface area contributed by atoms with Crippen molar-refractivity contribution in [2.45, 2.75) is 82.0 Å². The molecule has 0 spiro atoms. The lowest BCUT2D eigenvalue weighted by atomic mass is 10.0. The van der Waals surface area contributed by atoms with Crippen molar-refractivity contribution in [2.24, 2.45) is 38.7 Å². The second kappa shape index (κ2) is 47.8. The quantitative estimate of drug-likeness (QED) is 0.00911. The van der Waals surface area contributed by atoms with Gasteiger partial charge in [-0.15, -0.1) is 0 Å². The number of carboxylic acids is 1. The van der Waals surface area contributed by atoms with Gasteiger partial charge >= 0.3 is 11.9 Å². The molecule has 1 aromatic heterocycles. The number of amides is 6. The Morgan fingerprint density at radius 1 is 0.516 bits per heavy atom. The molecule has 0 aliphatic heterocycles. The third kappa shape index (κ3) is 36.9. The van der Waals surface area contributed by atoms with Crippen LogP contribution in [0.15, 0.2) is 64.7 Å². The van der Waals surface area contributed by atoms with Crippen molar-refractivity contribution < 1.29 is 90.5 Å². The molecule has 0 fully saturated rings. The van der Waals surface area contributed by atoms with Gasteiger partial charge in [-0.05, 0) is 68.0 Å². The largest absolute Gasteiger partial charge is 0.480 e. The maximum absolute atomic E-state index is 13.8. The molecule has 508 valence electrons. The van der Waals surface area contributed by atoms with Crippen molar-refractivity contribution in [1.29, 1.82) is 0 Å². The molecule has 3 aromatic rings. The van der Waals surface area contributed by atoms with E-state index >= 15 is 0 Å². The lowest BCUT2D eigenvalue weighted by Gasteiger charge is -2.23. The van der Waals surface area contributed by atoms with Crippen molar-refractivity contribution in [3.63, 3.8) is 0 Å². The molecule has 0 saturated heterocycles. The highest BCUT2D eigenvalue weighted by molar-refractivity contribution is 5.94. The molecular formula is C58H91FN14O18. The first-order valence-electron chi connectivity index (χ1n) is 29.9. The van der Waals surface area contributed by atoms with Gasteiger partial charge in [0.15, 0.2) is 11.9 Å². The van der Waals surface area contributed by atoms with Gasteiger partial charge in [-0.2, -0.15) is 0 Å². The minimum Gasteiger partial charge on any atom is -0.480 e. The van der Waals surface area contributed by atoms with Gasteiger partial charge in [-0.25, -0.2) is 9.18 Å². The number of carboxylic acid groups (broad SMARTS) is 1. The van der Waals surface area contributed by atoms with E-state index in [9.17, 15) is 47.9 Å². The van der Waals surface area contributed by atoms with Crippen LogP contribution in [0.5, 0.6) is 5.75 Å². The number of para-hydroxylation sites is 1. The van der Waals surface area contributed by atoms with Crippen LogP contribution in [0, 0.1) is 5.82 Å². The van der Waals surface area contributed by atoms with E-state index < -0.39 is 83.9 Å². The number of nitrogens with zero attached hydrogens (tertiary/aromatic N) is 2. The number of hydrogen-bond donors (Lipinski definition) is 13. The third-order valence-electron chi connectivity index (χ3n) is 12.7. The normalized spacial score (nSPS) is 12.4. The Morgan fingerprint density at radius 3 is 1.49 bits per heavy atom. The number of nitrogens with two attached hydrogens (primary N) is 5. The molecule has 1 heterocycles. The van der Waals surface area contributed by atoms with Crippen LogP contribution < -0.4 is 65.3 Å². The summed E-state index contributed by atoms with van der Waals surface area (Å²) in [4.78, 5) is 116. The average molecular weight is 1290 g/mol. The highest BCUT2D eigenvalue weighted by Gasteiger charge is 2.28. The molecule has 91 heavy (non-hydrogen) atoms. The lowest BCUT2D eigenvalue weighted by molar-refractivity contribution is -0.141. The van der Waals surface area contributed by atoms with Crippen LogP contribution in [-0.2, 0) is 82.7 Å². The number of guanidine groups is 2. The van der Waals surface area contributed by atoms with Gasteiger partial charge in [0, 0.05) is 69.0 Å². The number of rotatable bonds is 53. The summed E-state index contributed by atoms with van der Waals surface area (Å²) < 4.78 is 62.3. The number of benzene rings is 2. The summed E-state index contributed by atoms with van der Waals surface area (Å²) in [6, 6.07) is 7.10. The maximum Gasteiger partial charge on any atom is 0.326 e. The number of aromatic nitrogens is 1. The van der Waals surface area contributed by atoms with Gasteiger partial charge in [-0.1, -0.05) is 18.2 Å². The maximum atomic E-state index is 13.8. The van der Waals surface area contributed by atoms with Crippen LogP contribution in [0.2, 0.25) is 0 Å². The molecule has 0 saturated carbocycles. The zero-order chi connectivity index (χ0) is 66.3. The number of nitrogens with one attached hydrogen (secondary N) is 7. The molecule has 0 unspecified atom stereocenters. The predicted molar refractivity (Wildman–Crippen MR) is 329 cm³/mol. The molecule has 6 amide bonds. The highest BCUT2D eigenvalue weighted by atomic mass is 19.1. The minimum absolute atomic E-state index is 0.000883. The first-order chi connectivity index (χ1) is 43.9. The Labute approximate surface area is 526 Å². The molecule has 0 aliphatic carbocycles. The third-order valence-corrected chi connectivity index (χ3v) is 12.7. The zero-order valence-electron chi connectivity index (χ0n) is 51.3. The van der Waals surface area contributed by atoms with E-state index in [1.807, 2.05) is 18.2 Å². The number of esters is 1. The number of aromatic amines is 1. The molecule has 0 aliphatic rings. The summed E-state index contributed by atoms with van der Waals surface area (Å²) in [5, 5.41) is 26.1. The van der Waals surface area contributed by atoms with E-state index in [-0.39, 0.29) is 141 Å². The Hall–Kier alpha value is -8.15. The molecule has 33 heteroatoms. The first kappa shape index (κ1) is 77.1. The van der Waals surface area contributed by atoms with Crippen LogP contribution in [0.1, 0.15) is 56.9 Å². The van der Waals surface area contributed by atoms with Crippen LogP contribution in [0.4, 0.5) is 4.39 Å². The van der Waals surface area contributed by atoms with Crippen LogP contribution in [0.25, 0.3) is 10.9 Å². The standard InChI is InChI=1S/C58H91FN14O18/c59-41-9-11-42(12-10-41)91-52(77)14-13-47(71-50(75)16-22-84-26-29-87-31-33-89-35-36-90-34-32-88-30-27-85-23-17-60)53(78)65-20-24-86-28-25-83-21-15-49(74)70-46(8-4-19-67-58(63)64)55(80)73-45(7-3-18-66-57(61)62)54(79)69-39-51(76)72-48(56(81)82)37-40-38-68-44-6-2-1-5-43(40)44/h1-2,5-6,9-12,38,45-48,68H,3-4,7-8,13-37,39,60H2,(H,65,78)(H,69,79)(H,70,74)(H,71,75)(H,72,76)(H,73,80)(H,81,82)(H4,61,62,66)(H4,63,64,67)/t45-,46-,47+,48-/m0/s1. The van der Waals surface area contributed by atoms with Gasteiger partial charge in [-0.3, -0.25) is 43.5 Å². The molecule has 0 radical (unpaired) electrons. The Kier molecular flexibility index (Phi) is 40.5. The van der Waals surface area contributed by atoms with E-state index in [0.717, 1.165) is 23.0 Å². The summed E-state index contributed by atoms with van der Waals surface area (Å²) >= 11 is 0. The monoisotopic (exact) mass is 1290 g/mol. The second-order valence-corrected chi connectivity index (χ2v) is 19.9. The van der Waals surface area contributed by atoms with Crippen molar-refractivity contribution in [3.05, 3.63) is 66.1 Å².